The Hall–Kier alpha value is -1.29. The van der Waals surface area contributed by atoms with Gasteiger partial charge in [-0.15, -0.1) is 0 Å². The van der Waals surface area contributed by atoms with Gasteiger partial charge < -0.3 is 14.6 Å². The van der Waals surface area contributed by atoms with E-state index >= 15 is 0 Å². The standard InChI is InChI=1S/C14H21FO3/c1-9(15)10-6-12(17-4)13(18-5)7-11(10)14(2,3)8-16/h6-7,9,16H,8H2,1-5H3. The van der Waals surface area contributed by atoms with Crippen LogP contribution in [0.2, 0.25) is 0 Å². The summed E-state index contributed by atoms with van der Waals surface area (Å²) >= 11 is 0. The third-order valence-electron chi connectivity index (χ3n) is 3.11. The highest BCUT2D eigenvalue weighted by molar-refractivity contribution is 5.50. The molecule has 1 unspecified atom stereocenters. The van der Waals surface area contributed by atoms with E-state index in [4.69, 9.17) is 9.47 Å². The van der Waals surface area contributed by atoms with Gasteiger partial charge in [0.05, 0.1) is 20.8 Å². The molecule has 0 amide bonds. The molecule has 0 saturated carbocycles. The number of benzene rings is 1. The number of methoxy groups -OCH3 is 2. The molecule has 4 heteroatoms. The Bertz CT molecular complexity index is 414. The monoisotopic (exact) mass is 256 g/mol. The highest BCUT2D eigenvalue weighted by atomic mass is 19.1. The number of hydrogen-bond acceptors (Lipinski definition) is 3. The Balaban J connectivity index is 3.48. The second-order valence-electron chi connectivity index (χ2n) is 4.95. The van der Waals surface area contributed by atoms with E-state index in [2.05, 4.69) is 0 Å². The van der Waals surface area contributed by atoms with E-state index in [1.54, 1.807) is 12.1 Å². The van der Waals surface area contributed by atoms with Crippen LogP contribution in [0, 0.1) is 0 Å². The molecule has 1 aromatic carbocycles. The zero-order chi connectivity index (χ0) is 13.9. The Kier molecular flexibility index (Phi) is 4.57. The third-order valence-corrected chi connectivity index (χ3v) is 3.11. The van der Waals surface area contributed by atoms with Gasteiger partial charge in [0, 0.05) is 5.41 Å². The SMILES string of the molecule is COc1cc(C(C)F)c(C(C)(C)CO)cc1OC. The molecule has 0 aliphatic carbocycles. The van der Waals surface area contributed by atoms with Crippen LogP contribution in [0.25, 0.3) is 0 Å². The minimum Gasteiger partial charge on any atom is -0.493 e. The summed E-state index contributed by atoms with van der Waals surface area (Å²) in [5, 5.41) is 9.45. The lowest BCUT2D eigenvalue weighted by Crippen LogP contribution is -2.24. The molecule has 0 aliphatic heterocycles. The van der Waals surface area contributed by atoms with Crippen LogP contribution in [0.15, 0.2) is 12.1 Å². The molecule has 3 nitrogen and oxygen atoms in total. The predicted octanol–water partition coefficient (Wildman–Crippen LogP) is 3.00. The molecule has 1 atom stereocenters. The molecule has 0 spiro atoms. The number of aliphatic hydroxyl groups excluding tert-OH is 1. The maximum atomic E-state index is 13.7. The van der Waals surface area contributed by atoms with E-state index in [0.717, 1.165) is 5.56 Å². The molecule has 18 heavy (non-hydrogen) atoms. The van der Waals surface area contributed by atoms with Crippen LogP contribution < -0.4 is 9.47 Å². The number of halogens is 1. The Labute approximate surface area is 108 Å². The average molecular weight is 256 g/mol. The van der Waals surface area contributed by atoms with Crippen LogP contribution in [0.3, 0.4) is 0 Å². The van der Waals surface area contributed by atoms with Gasteiger partial charge >= 0.3 is 0 Å². The maximum Gasteiger partial charge on any atom is 0.161 e. The maximum absolute atomic E-state index is 13.7. The van der Waals surface area contributed by atoms with Gasteiger partial charge in [-0.2, -0.15) is 0 Å². The molecular formula is C14H21FO3. The van der Waals surface area contributed by atoms with Gasteiger partial charge in [-0.25, -0.2) is 4.39 Å². The normalized spacial score (nSPS) is 13.3. The van der Waals surface area contributed by atoms with Crippen molar-refractivity contribution in [2.24, 2.45) is 0 Å². The van der Waals surface area contributed by atoms with Gasteiger partial charge in [0.1, 0.15) is 6.17 Å². The van der Waals surface area contributed by atoms with Gasteiger partial charge in [0.25, 0.3) is 0 Å². The molecule has 0 aromatic heterocycles. The number of aliphatic hydroxyl groups is 1. The molecule has 0 heterocycles. The number of hydrogen-bond donors (Lipinski definition) is 1. The van der Waals surface area contributed by atoms with E-state index in [9.17, 15) is 9.50 Å². The van der Waals surface area contributed by atoms with Gasteiger partial charge in [-0.05, 0) is 30.2 Å². The topological polar surface area (TPSA) is 38.7 Å². The van der Waals surface area contributed by atoms with Crippen LogP contribution in [0.1, 0.15) is 38.1 Å². The lowest BCUT2D eigenvalue weighted by Gasteiger charge is -2.27. The van der Waals surface area contributed by atoms with E-state index in [1.807, 2.05) is 13.8 Å². The summed E-state index contributed by atoms with van der Waals surface area (Å²) in [7, 11) is 3.05. The highest BCUT2D eigenvalue weighted by Gasteiger charge is 2.27. The van der Waals surface area contributed by atoms with Crippen molar-refractivity contribution in [3.63, 3.8) is 0 Å². The fraction of sp³-hybridized carbons (Fsp3) is 0.571. The molecule has 0 radical (unpaired) electrons. The van der Waals surface area contributed by atoms with E-state index in [1.165, 1.54) is 21.1 Å². The van der Waals surface area contributed by atoms with Crippen molar-refractivity contribution in [3.05, 3.63) is 23.3 Å². The molecule has 1 rings (SSSR count). The van der Waals surface area contributed by atoms with Crippen LogP contribution in [-0.4, -0.2) is 25.9 Å². The number of rotatable bonds is 5. The van der Waals surface area contributed by atoms with E-state index in [0.29, 0.717) is 17.1 Å². The minimum atomic E-state index is -1.13. The first-order valence-electron chi connectivity index (χ1n) is 5.88. The van der Waals surface area contributed by atoms with Crippen molar-refractivity contribution >= 4 is 0 Å². The summed E-state index contributed by atoms with van der Waals surface area (Å²) in [5.41, 5.74) is 0.722. The Morgan fingerprint density at radius 3 is 2.11 bits per heavy atom. The van der Waals surface area contributed by atoms with Gasteiger partial charge in [-0.1, -0.05) is 13.8 Å². The molecule has 1 N–H and O–H groups in total. The van der Waals surface area contributed by atoms with E-state index < -0.39 is 11.6 Å². The van der Waals surface area contributed by atoms with Crippen molar-refractivity contribution in [2.75, 3.05) is 20.8 Å². The van der Waals surface area contributed by atoms with Gasteiger partial charge in [-0.3, -0.25) is 0 Å². The Morgan fingerprint density at radius 2 is 1.72 bits per heavy atom. The Morgan fingerprint density at radius 1 is 1.22 bits per heavy atom. The summed E-state index contributed by atoms with van der Waals surface area (Å²) in [6.45, 7) is 5.13. The fourth-order valence-corrected chi connectivity index (χ4v) is 1.90. The molecule has 1 aromatic rings. The molecular weight excluding hydrogens is 235 g/mol. The summed E-state index contributed by atoms with van der Waals surface area (Å²) in [4.78, 5) is 0. The van der Waals surface area contributed by atoms with Crippen molar-refractivity contribution < 1.29 is 19.0 Å². The minimum absolute atomic E-state index is 0.0673. The first kappa shape index (κ1) is 14.8. The van der Waals surface area contributed by atoms with E-state index in [-0.39, 0.29) is 6.61 Å². The van der Waals surface area contributed by atoms with Crippen LogP contribution in [-0.2, 0) is 5.41 Å². The lowest BCUT2D eigenvalue weighted by molar-refractivity contribution is 0.215. The number of alkyl halides is 1. The zero-order valence-corrected chi connectivity index (χ0v) is 11.6. The second-order valence-corrected chi connectivity index (χ2v) is 4.95. The fourth-order valence-electron chi connectivity index (χ4n) is 1.90. The molecule has 0 saturated heterocycles. The summed E-state index contributed by atoms with van der Waals surface area (Å²) in [6.07, 6.45) is -1.13. The first-order valence-corrected chi connectivity index (χ1v) is 5.88. The first-order chi connectivity index (χ1) is 8.37. The van der Waals surface area contributed by atoms with Crippen molar-refractivity contribution in [1.29, 1.82) is 0 Å². The van der Waals surface area contributed by atoms with Crippen molar-refractivity contribution in [1.82, 2.24) is 0 Å². The summed E-state index contributed by atoms with van der Waals surface area (Å²) < 4.78 is 24.1. The largest absolute Gasteiger partial charge is 0.493 e. The van der Waals surface area contributed by atoms with Crippen LogP contribution in [0.5, 0.6) is 11.5 Å². The molecule has 0 fully saturated rings. The van der Waals surface area contributed by atoms with Gasteiger partial charge in [0.15, 0.2) is 11.5 Å². The number of ether oxygens (including phenoxy) is 2. The molecule has 0 aliphatic rings. The predicted molar refractivity (Wildman–Crippen MR) is 69.2 cm³/mol. The summed E-state index contributed by atoms with van der Waals surface area (Å²) in [6, 6.07) is 3.37. The van der Waals surface area contributed by atoms with Crippen molar-refractivity contribution in [2.45, 2.75) is 32.4 Å². The quantitative estimate of drug-likeness (QED) is 0.880. The third kappa shape index (κ3) is 2.75. The highest BCUT2D eigenvalue weighted by Crippen LogP contribution is 2.39. The average Bonchev–Trinajstić information content (AvgIpc) is 2.36. The van der Waals surface area contributed by atoms with Crippen molar-refractivity contribution in [3.8, 4) is 11.5 Å². The van der Waals surface area contributed by atoms with Crippen LogP contribution >= 0.6 is 0 Å². The zero-order valence-electron chi connectivity index (χ0n) is 11.6. The smallest absolute Gasteiger partial charge is 0.161 e. The lowest BCUT2D eigenvalue weighted by atomic mass is 9.81. The molecule has 102 valence electrons. The second kappa shape index (κ2) is 5.57. The summed E-state index contributed by atoms with van der Waals surface area (Å²) in [5.74, 6) is 1.04. The van der Waals surface area contributed by atoms with Gasteiger partial charge in [0.2, 0.25) is 0 Å². The van der Waals surface area contributed by atoms with Crippen LogP contribution in [0.4, 0.5) is 4.39 Å². The molecule has 0 bridgehead atoms.